The van der Waals surface area contributed by atoms with Gasteiger partial charge in [0, 0.05) is 13.0 Å². The van der Waals surface area contributed by atoms with Gasteiger partial charge in [0.1, 0.15) is 30.5 Å². The first-order valence-corrected chi connectivity index (χ1v) is 24.1. The normalized spacial score (nSPS) is 20.4. The monoisotopic (exact) mass is 801 g/mol. The zero-order valence-corrected chi connectivity index (χ0v) is 36.7. The minimum atomic E-state index is -1.53. The van der Waals surface area contributed by atoms with Crippen molar-refractivity contribution in [3.63, 3.8) is 0 Å². The molecule has 6 unspecified atom stereocenters. The third-order valence-corrected chi connectivity index (χ3v) is 11.5. The minimum absolute atomic E-state index is 0.105. The molecule has 0 aromatic carbocycles. The van der Waals surface area contributed by atoms with Gasteiger partial charge in [-0.3, -0.25) is 4.79 Å². The molecule has 1 heterocycles. The van der Waals surface area contributed by atoms with Crippen LogP contribution in [-0.2, 0) is 23.7 Å². The molecule has 9 nitrogen and oxygen atoms in total. The molecule has 0 bridgehead atoms. The van der Waals surface area contributed by atoms with Crippen molar-refractivity contribution in [2.24, 2.45) is 0 Å². The van der Waals surface area contributed by atoms with Gasteiger partial charge in [0.25, 0.3) is 0 Å². The predicted molar refractivity (Wildman–Crippen MR) is 229 cm³/mol. The second-order valence-electron chi connectivity index (χ2n) is 16.9. The zero-order valence-electron chi connectivity index (χ0n) is 36.7. The van der Waals surface area contributed by atoms with Crippen molar-refractivity contribution in [1.29, 1.82) is 0 Å². The Labute approximate surface area is 344 Å². The average molecular weight is 801 g/mol. The van der Waals surface area contributed by atoms with Crippen LogP contribution in [0.1, 0.15) is 232 Å². The first-order valence-electron chi connectivity index (χ1n) is 24.1. The smallest absolute Gasteiger partial charge is 0.306 e. The van der Waals surface area contributed by atoms with Crippen LogP contribution in [-0.4, -0.2) is 89.6 Å². The molecule has 0 radical (unpaired) electrons. The summed E-state index contributed by atoms with van der Waals surface area (Å²) in [5.41, 5.74) is 0. The van der Waals surface area contributed by atoms with Gasteiger partial charge in [0.2, 0.25) is 0 Å². The second-order valence-corrected chi connectivity index (χ2v) is 16.9. The number of aliphatic hydroxyl groups excluding tert-OH is 4. The molecular formula is C47H92O9. The van der Waals surface area contributed by atoms with Gasteiger partial charge in [-0.2, -0.15) is 0 Å². The SMILES string of the molecule is CCCCCCCCCCCCCCCCCCCCCCCCCOCC(COC1OC(CO)C(O)C(O)C1O)OC(=O)CCCCCCCCCCCC. The predicted octanol–water partition coefficient (Wildman–Crippen LogP) is 11.0. The highest BCUT2D eigenvalue weighted by atomic mass is 16.7. The van der Waals surface area contributed by atoms with Gasteiger partial charge in [-0.1, -0.05) is 213 Å². The molecule has 9 heteroatoms. The van der Waals surface area contributed by atoms with Gasteiger partial charge >= 0.3 is 5.97 Å². The van der Waals surface area contributed by atoms with E-state index in [0.717, 1.165) is 32.1 Å². The molecule has 0 aromatic rings. The third-order valence-electron chi connectivity index (χ3n) is 11.5. The van der Waals surface area contributed by atoms with Crippen LogP contribution in [0.15, 0.2) is 0 Å². The van der Waals surface area contributed by atoms with Crippen LogP contribution >= 0.6 is 0 Å². The summed E-state index contributed by atoms with van der Waals surface area (Å²) >= 11 is 0. The fourth-order valence-corrected chi connectivity index (χ4v) is 7.73. The van der Waals surface area contributed by atoms with Gasteiger partial charge in [0.15, 0.2) is 6.29 Å². The molecule has 334 valence electrons. The molecule has 56 heavy (non-hydrogen) atoms. The molecule has 6 atom stereocenters. The van der Waals surface area contributed by atoms with Crippen molar-refractivity contribution in [3.05, 3.63) is 0 Å². The van der Waals surface area contributed by atoms with Crippen LogP contribution in [0.4, 0.5) is 0 Å². The molecule has 0 amide bonds. The molecule has 1 fully saturated rings. The van der Waals surface area contributed by atoms with E-state index in [9.17, 15) is 25.2 Å². The summed E-state index contributed by atoms with van der Waals surface area (Å²) in [5, 5.41) is 40.1. The number of hydrogen-bond acceptors (Lipinski definition) is 9. The number of rotatable bonds is 42. The van der Waals surface area contributed by atoms with E-state index in [1.54, 1.807) is 0 Å². The van der Waals surface area contributed by atoms with E-state index in [1.165, 1.54) is 180 Å². The van der Waals surface area contributed by atoms with Gasteiger partial charge in [0.05, 0.1) is 19.8 Å². The molecule has 0 aliphatic carbocycles. The van der Waals surface area contributed by atoms with E-state index >= 15 is 0 Å². The summed E-state index contributed by atoms with van der Waals surface area (Å²) in [5.74, 6) is -0.310. The number of ether oxygens (including phenoxy) is 4. The van der Waals surface area contributed by atoms with Crippen LogP contribution in [0.3, 0.4) is 0 Å². The second kappa shape index (κ2) is 39.6. The highest BCUT2D eigenvalue weighted by Gasteiger charge is 2.44. The Bertz CT molecular complexity index is 827. The maximum Gasteiger partial charge on any atom is 0.306 e. The lowest BCUT2D eigenvalue weighted by molar-refractivity contribution is -0.305. The van der Waals surface area contributed by atoms with Crippen LogP contribution in [0.25, 0.3) is 0 Å². The summed E-state index contributed by atoms with van der Waals surface area (Å²) in [6, 6.07) is 0. The van der Waals surface area contributed by atoms with Crippen molar-refractivity contribution < 1.29 is 44.2 Å². The van der Waals surface area contributed by atoms with E-state index in [4.69, 9.17) is 18.9 Å². The molecule has 1 aliphatic heterocycles. The van der Waals surface area contributed by atoms with E-state index in [1.807, 2.05) is 0 Å². The Balaban J connectivity index is 2.13. The molecule has 0 aromatic heterocycles. The fourth-order valence-electron chi connectivity index (χ4n) is 7.73. The lowest BCUT2D eigenvalue weighted by Gasteiger charge is -2.39. The molecule has 1 saturated heterocycles. The van der Waals surface area contributed by atoms with Crippen LogP contribution in [0.5, 0.6) is 0 Å². The van der Waals surface area contributed by atoms with Crippen LogP contribution in [0, 0.1) is 0 Å². The Morgan fingerprint density at radius 1 is 0.500 bits per heavy atom. The van der Waals surface area contributed by atoms with Crippen LogP contribution in [0.2, 0.25) is 0 Å². The van der Waals surface area contributed by atoms with Gasteiger partial charge in [-0.05, 0) is 12.8 Å². The number of unbranched alkanes of at least 4 members (excludes halogenated alkanes) is 31. The Kier molecular flexibility index (Phi) is 37.7. The number of carbonyl (C=O) groups excluding carboxylic acids is 1. The van der Waals surface area contributed by atoms with Crippen molar-refractivity contribution in [2.45, 2.75) is 269 Å². The number of aliphatic hydroxyl groups is 4. The lowest BCUT2D eigenvalue weighted by Crippen LogP contribution is -2.59. The molecule has 0 spiro atoms. The standard InChI is InChI=1S/C47H92O9/c1-3-5-7-9-11-13-15-16-17-18-19-20-21-22-23-24-25-26-27-29-31-33-35-37-53-39-41(40-54-47-46(52)45(51)44(50)42(38-48)56-47)55-43(49)36-34-32-30-28-14-12-10-8-6-4-2/h41-42,44-48,50-52H,3-40H2,1-2H3. The molecular weight excluding hydrogens is 709 g/mol. The highest BCUT2D eigenvalue weighted by molar-refractivity contribution is 5.69. The largest absolute Gasteiger partial charge is 0.457 e. The van der Waals surface area contributed by atoms with Crippen LogP contribution < -0.4 is 0 Å². The summed E-state index contributed by atoms with van der Waals surface area (Å²) in [6.45, 7) is 4.59. The summed E-state index contributed by atoms with van der Waals surface area (Å²) < 4.78 is 22.8. The van der Waals surface area contributed by atoms with Crippen molar-refractivity contribution >= 4 is 5.97 Å². The summed E-state index contributed by atoms with van der Waals surface area (Å²) in [7, 11) is 0. The van der Waals surface area contributed by atoms with E-state index < -0.39 is 43.4 Å². The van der Waals surface area contributed by atoms with Gasteiger partial charge in [-0.25, -0.2) is 0 Å². The lowest BCUT2D eigenvalue weighted by atomic mass is 9.99. The first kappa shape index (κ1) is 53.2. The van der Waals surface area contributed by atoms with E-state index in [0.29, 0.717) is 13.0 Å². The zero-order chi connectivity index (χ0) is 40.7. The van der Waals surface area contributed by atoms with Crippen molar-refractivity contribution in [1.82, 2.24) is 0 Å². The number of hydrogen-bond donors (Lipinski definition) is 4. The van der Waals surface area contributed by atoms with Crippen molar-refractivity contribution in [2.75, 3.05) is 26.4 Å². The average Bonchev–Trinajstić information content (AvgIpc) is 3.20. The Morgan fingerprint density at radius 3 is 1.27 bits per heavy atom. The molecule has 1 rings (SSSR count). The topological polar surface area (TPSA) is 135 Å². The molecule has 0 saturated carbocycles. The van der Waals surface area contributed by atoms with Crippen molar-refractivity contribution in [3.8, 4) is 0 Å². The summed E-state index contributed by atoms with van der Waals surface area (Å²) in [6.07, 6.45) is 35.8. The van der Waals surface area contributed by atoms with E-state index in [-0.39, 0.29) is 19.2 Å². The maximum atomic E-state index is 12.7. The van der Waals surface area contributed by atoms with Gasteiger partial charge < -0.3 is 39.4 Å². The molecule has 1 aliphatic rings. The fraction of sp³-hybridized carbons (Fsp3) is 0.979. The Hall–Kier alpha value is -0.810. The molecule has 4 N–H and O–H groups in total. The Morgan fingerprint density at radius 2 is 0.875 bits per heavy atom. The third kappa shape index (κ3) is 30.3. The number of esters is 1. The summed E-state index contributed by atoms with van der Waals surface area (Å²) in [4.78, 5) is 12.7. The number of carbonyl (C=O) groups is 1. The van der Waals surface area contributed by atoms with E-state index in [2.05, 4.69) is 13.8 Å². The first-order chi connectivity index (χ1) is 27.4. The maximum absolute atomic E-state index is 12.7. The van der Waals surface area contributed by atoms with Gasteiger partial charge in [-0.15, -0.1) is 0 Å². The minimum Gasteiger partial charge on any atom is -0.457 e. The highest BCUT2D eigenvalue weighted by Crippen LogP contribution is 2.23. The quantitative estimate of drug-likeness (QED) is 0.0351.